The van der Waals surface area contributed by atoms with E-state index in [1.54, 1.807) is 0 Å². The van der Waals surface area contributed by atoms with Gasteiger partial charge in [0.15, 0.2) is 18.1 Å². The zero-order valence-electron chi connectivity index (χ0n) is 13.4. The highest BCUT2D eigenvalue weighted by Gasteiger charge is 2.46. The van der Waals surface area contributed by atoms with Crippen molar-refractivity contribution in [2.24, 2.45) is 0 Å². The normalized spacial score (nSPS) is 12.6. The van der Waals surface area contributed by atoms with Crippen LogP contribution in [0, 0.1) is 0 Å². The number of hydrogen-bond acceptors (Lipinski definition) is 4. The highest BCUT2D eigenvalue weighted by Crippen LogP contribution is 2.16. The predicted octanol–water partition coefficient (Wildman–Crippen LogP) is 3.59. The lowest BCUT2D eigenvalue weighted by Gasteiger charge is -2.31. The van der Waals surface area contributed by atoms with Crippen molar-refractivity contribution < 1.29 is 17.1 Å². The molecule has 0 rings (SSSR count). The number of unbranched alkanes of at least 4 members (excludes halogenated alkanes) is 2. The van der Waals surface area contributed by atoms with Crippen LogP contribution in [0.5, 0.6) is 0 Å². The van der Waals surface area contributed by atoms with E-state index in [9.17, 15) is 0 Å². The zero-order chi connectivity index (χ0) is 14.7. The van der Waals surface area contributed by atoms with Gasteiger partial charge in [0.1, 0.15) is 0 Å². The first-order chi connectivity index (χ1) is 8.95. The fraction of sp³-hybridized carbons (Fsp3) is 1.00. The number of hydrogen-bond donors (Lipinski definition) is 0. The van der Waals surface area contributed by atoms with Gasteiger partial charge in [-0.05, 0) is 39.0 Å². The molecule has 0 aliphatic heterocycles. The van der Waals surface area contributed by atoms with Gasteiger partial charge in [-0.15, -0.1) is 0 Å². The van der Waals surface area contributed by atoms with E-state index in [1.807, 2.05) is 0 Å². The molecule has 19 heavy (non-hydrogen) atoms. The van der Waals surface area contributed by atoms with Crippen molar-refractivity contribution in [1.82, 2.24) is 0 Å². The molecule has 0 heterocycles. The second kappa shape index (κ2) is 11.2. The van der Waals surface area contributed by atoms with Crippen LogP contribution in [0.3, 0.4) is 0 Å². The van der Waals surface area contributed by atoms with Crippen LogP contribution in [0.15, 0.2) is 0 Å². The molecule has 0 atom stereocenters. The summed E-state index contributed by atoms with van der Waals surface area (Å²) in [4.78, 5) is 0. The first-order valence-corrected chi connectivity index (χ1v) is 13.7. The average Bonchev–Trinajstić information content (AvgIpc) is 2.27. The van der Waals surface area contributed by atoms with Crippen molar-refractivity contribution >= 4 is 27.1 Å². The van der Waals surface area contributed by atoms with E-state index in [0.717, 1.165) is 25.7 Å². The van der Waals surface area contributed by atoms with Gasteiger partial charge in [-0.1, -0.05) is 26.7 Å². The average molecular weight is 323 g/mol. The highest BCUT2D eigenvalue weighted by molar-refractivity contribution is 6.71. The van der Waals surface area contributed by atoms with Crippen LogP contribution in [0.4, 0.5) is 0 Å². The quantitative estimate of drug-likeness (QED) is 0.406. The SMILES string of the molecule is CCCCO[Si](OCCCC)(O[Si](C)C)O[Si](C)C. The third-order valence-electron chi connectivity index (χ3n) is 2.21. The summed E-state index contributed by atoms with van der Waals surface area (Å²) in [5.41, 5.74) is 0. The van der Waals surface area contributed by atoms with E-state index >= 15 is 0 Å². The lowest BCUT2D eigenvalue weighted by Crippen LogP contribution is -2.54. The van der Waals surface area contributed by atoms with Gasteiger partial charge < -0.3 is 17.1 Å². The van der Waals surface area contributed by atoms with Crippen molar-refractivity contribution in [3.8, 4) is 0 Å². The molecule has 0 amide bonds. The molecule has 0 aromatic heterocycles. The fourth-order valence-corrected chi connectivity index (χ4v) is 7.72. The molecule has 0 fully saturated rings. The Labute approximate surface area is 123 Å². The molecular weight excluding hydrogens is 292 g/mol. The van der Waals surface area contributed by atoms with Gasteiger partial charge in [-0.3, -0.25) is 0 Å². The third kappa shape index (κ3) is 9.94. The molecule has 2 radical (unpaired) electrons. The van der Waals surface area contributed by atoms with Gasteiger partial charge in [0.2, 0.25) is 0 Å². The van der Waals surface area contributed by atoms with Crippen LogP contribution in [-0.2, 0) is 17.1 Å². The Morgan fingerprint density at radius 3 is 1.37 bits per heavy atom. The van der Waals surface area contributed by atoms with Crippen molar-refractivity contribution in [3.05, 3.63) is 0 Å². The van der Waals surface area contributed by atoms with Crippen molar-refractivity contribution in [2.45, 2.75) is 65.7 Å². The Morgan fingerprint density at radius 1 is 0.737 bits per heavy atom. The Hall–Kier alpha value is 0.491. The van der Waals surface area contributed by atoms with Crippen LogP contribution in [0.1, 0.15) is 39.5 Å². The topological polar surface area (TPSA) is 36.9 Å². The molecule has 0 saturated carbocycles. The summed E-state index contributed by atoms with van der Waals surface area (Å²) < 4.78 is 24.0. The molecule has 114 valence electrons. The monoisotopic (exact) mass is 322 g/mol. The van der Waals surface area contributed by atoms with Crippen LogP contribution < -0.4 is 0 Å². The van der Waals surface area contributed by atoms with Gasteiger partial charge in [-0.2, -0.15) is 0 Å². The van der Waals surface area contributed by atoms with Gasteiger partial charge in [0.05, 0.1) is 0 Å². The first-order valence-electron chi connectivity index (χ1n) is 7.22. The smallest absolute Gasteiger partial charge is 0.394 e. The summed E-state index contributed by atoms with van der Waals surface area (Å²) in [5.74, 6) is 0. The summed E-state index contributed by atoms with van der Waals surface area (Å²) in [7, 11) is -4.72. The standard InChI is InChI=1S/C12H30O4Si3/c1-7-9-11-13-19(15-17(3)4,16-18(5)6)14-12-10-8-2/h7-12H2,1-6H3. The van der Waals surface area contributed by atoms with E-state index < -0.39 is 27.1 Å². The van der Waals surface area contributed by atoms with Gasteiger partial charge in [-0.25, -0.2) is 0 Å². The molecule has 0 saturated heterocycles. The van der Waals surface area contributed by atoms with Gasteiger partial charge in [0, 0.05) is 13.2 Å². The molecular formula is C12H30O4Si3. The largest absolute Gasteiger partial charge is 0.658 e. The minimum Gasteiger partial charge on any atom is -0.394 e. The molecule has 0 aromatic carbocycles. The summed E-state index contributed by atoms with van der Waals surface area (Å²) in [6.45, 7) is 14.0. The molecule has 0 unspecified atom stereocenters. The predicted molar refractivity (Wildman–Crippen MR) is 84.6 cm³/mol. The maximum atomic E-state index is 6.04. The van der Waals surface area contributed by atoms with E-state index in [1.165, 1.54) is 0 Å². The Kier molecular flexibility index (Phi) is 11.5. The molecule has 0 aromatic rings. The van der Waals surface area contributed by atoms with E-state index in [4.69, 9.17) is 17.1 Å². The van der Waals surface area contributed by atoms with Crippen molar-refractivity contribution in [2.75, 3.05) is 13.2 Å². The maximum Gasteiger partial charge on any atom is 0.658 e. The third-order valence-corrected chi connectivity index (χ3v) is 8.59. The molecule has 0 spiro atoms. The first kappa shape index (κ1) is 19.5. The van der Waals surface area contributed by atoms with Crippen molar-refractivity contribution in [3.63, 3.8) is 0 Å². The minimum absolute atomic E-state index is 0.666. The van der Waals surface area contributed by atoms with Crippen LogP contribution in [-0.4, -0.2) is 40.3 Å². The zero-order valence-corrected chi connectivity index (χ0v) is 16.4. The summed E-state index contributed by atoms with van der Waals surface area (Å²) in [6, 6.07) is 0. The van der Waals surface area contributed by atoms with Crippen LogP contribution >= 0.6 is 0 Å². The second-order valence-electron chi connectivity index (χ2n) is 4.92. The van der Waals surface area contributed by atoms with E-state index in [-0.39, 0.29) is 0 Å². The Morgan fingerprint density at radius 2 is 1.11 bits per heavy atom. The van der Waals surface area contributed by atoms with Crippen molar-refractivity contribution in [1.29, 1.82) is 0 Å². The molecule has 0 aliphatic carbocycles. The number of rotatable bonds is 12. The van der Waals surface area contributed by atoms with E-state index in [2.05, 4.69) is 40.0 Å². The van der Waals surface area contributed by atoms with Crippen LogP contribution in [0.2, 0.25) is 26.2 Å². The van der Waals surface area contributed by atoms with Crippen LogP contribution in [0.25, 0.3) is 0 Å². The Bertz CT molecular complexity index is 193. The fourth-order valence-electron chi connectivity index (χ4n) is 1.36. The summed E-state index contributed by atoms with van der Waals surface area (Å²) in [5, 5.41) is 0. The lowest BCUT2D eigenvalue weighted by atomic mass is 10.4. The Balaban J connectivity index is 4.63. The lowest BCUT2D eigenvalue weighted by molar-refractivity contribution is 0.0387. The molecule has 0 N–H and O–H groups in total. The molecule has 0 aliphatic rings. The molecule has 0 bridgehead atoms. The summed E-state index contributed by atoms with van der Waals surface area (Å²) in [6.07, 6.45) is 4.24. The molecule has 4 nitrogen and oxygen atoms in total. The van der Waals surface area contributed by atoms with Gasteiger partial charge >= 0.3 is 9.05 Å². The summed E-state index contributed by atoms with van der Waals surface area (Å²) >= 11 is 0. The van der Waals surface area contributed by atoms with E-state index in [0.29, 0.717) is 13.2 Å². The highest BCUT2D eigenvalue weighted by atomic mass is 28.5. The minimum atomic E-state index is -2.91. The maximum absolute atomic E-state index is 6.04. The van der Waals surface area contributed by atoms with Gasteiger partial charge in [0.25, 0.3) is 0 Å². The second-order valence-corrected chi connectivity index (χ2v) is 11.8. The molecule has 7 heteroatoms.